The molecule has 0 saturated carbocycles. The second-order valence-electron chi connectivity index (χ2n) is 6.88. The van der Waals surface area contributed by atoms with Gasteiger partial charge in [-0.3, -0.25) is 0 Å². The summed E-state index contributed by atoms with van der Waals surface area (Å²) in [5.74, 6) is 0. The Morgan fingerprint density at radius 3 is 2.42 bits per heavy atom. The Morgan fingerprint density at radius 1 is 1.12 bits per heavy atom. The molecule has 1 aliphatic carbocycles. The third-order valence-corrected chi connectivity index (χ3v) is 5.04. The number of fused-ring (bicyclic) bond motifs is 1. The average Bonchev–Trinajstić information content (AvgIpc) is 2.48. The maximum atomic E-state index is 11.3. The summed E-state index contributed by atoms with van der Waals surface area (Å²) in [5, 5.41) is 1.21. The van der Waals surface area contributed by atoms with E-state index in [9.17, 15) is 4.79 Å². The van der Waals surface area contributed by atoms with Crippen LogP contribution in [0.4, 0.5) is 4.79 Å². The molecule has 0 aromatic heterocycles. The lowest BCUT2D eigenvalue weighted by atomic mass is 9.71. The molecule has 0 heterocycles. The van der Waals surface area contributed by atoms with Crippen molar-refractivity contribution in [3.8, 4) is 11.1 Å². The Morgan fingerprint density at radius 2 is 1.79 bits per heavy atom. The van der Waals surface area contributed by atoms with Gasteiger partial charge >= 0.3 is 6.09 Å². The number of amides is 1. The Hall–Kier alpha value is -1.71. The highest BCUT2D eigenvalue weighted by atomic mass is 35.5. The molecule has 3 rings (SSSR count). The zero-order valence-electron chi connectivity index (χ0n) is 13.6. The Balaban J connectivity index is 2.04. The summed E-state index contributed by atoms with van der Waals surface area (Å²) in [6.45, 7) is 4.18. The molecule has 0 aliphatic heterocycles. The molecule has 1 aliphatic rings. The highest BCUT2D eigenvalue weighted by molar-refractivity contribution is 6.35. The van der Waals surface area contributed by atoms with E-state index in [1.165, 1.54) is 0 Å². The minimum Gasteiger partial charge on any atom is -0.441 e. The molecular formula is C19H19Cl2NO2. The zero-order valence-corrected chi connectivity index (χ0v) is 15.1. The molecule has 0 spiro atoms. The van der Waals surface area contributed by atoms with Gasteiger partial charge in [0.15, 0.2) is 0 Å². The third kappa shape index (κ3) is 3.38. The molecule has 0 saturated heterocycles. The van der Waals surface area contributed by atoms with Gasteiger partial charge in [-0.25, -0.2) is 4.79 Å². The van der Waals surface area contributed by atoms with Crippen molar-refractivity contribution < 1.29 is 9.53 Å². The van der Waals surface area contributed by atoms with Crippen LogP contribution in [0, 0.1) is 5.41 Å². The lowest BCUT2D eigenvalue weighted by molar-refractivity contribution is 0.0147. The molecule has 24 heavy (non-hydrogen) atoms. The monoisotopic (exact) mass is 363 g/mol. The van der Waals surface area contributed by atoms with Crippen LogP contribution in [-0.4, -0.2) is 6.09 Å². The van der Waals surface area contributed by atoms with Gasteiger partial charge in [-0.2, -0.15) is 0 Å². The van der Waals surface area contributed by atoms with Gasteiger partial charge in [0.25, 0.3) is 0 Å². The smallest absolute Gasteiger partial charge is 0.405 e. The SMILES string of the molecule is CC1(C)CCc2cc(-c3cc(Cl)cc(Cl)c3)ccc2C1OC(N)=O. The summed E-state index contributed by atoms with van der Waals surface area (Å²) < 4.78 is 5.41. The minimum absolute atomic E-state index is 0.150. The van der Waals surface area contributed by atoms with Crippen LogP contribution in [0.15, 0.2) is 36.4 Å². The first-order valence-electron chi connectivity index (χ1n) is 7.82. The molecule has 0 fully saturated rings. The van der Waals surface area contributed by atoms with Gasteiger partial charge in [0.2, 0.25) is 0 Å². The van der Waals surface area contributed by atoms with E-state index in [0.717, 1.165) is 35.1 Å². The molecular weight excluding hydrogens is 345 g/mol. The fourth-order valence-electron chi connectivity index (χ4n) is 3.33. The second kappa shape index (κ2) is 6.30. The fraction of sp³-hybridized carbons (Fsp3) is 0.316. The predicted molar refractivity (Wildman–Crippen MR) is 97.4 cm³/mol. The summed E-state index contributed by atoms with van der Waals surface area (Å²) in [4.78, 5) is 11.3. The van der Waals surface area contributed by atoms with Crippen molar-refractivity contribution in [2.45, 2.75) is 32.8 Å². The molecule has 0 radical (unpaired) electrons. The summed E-state index contributed by atoms with van der Waals surface area (Å²) >= 11 is 12.2. The number of aryl methyl sites for hydroxylation is 1. The number of ether oxygens (including phenoxy) is 1. The maximum Gasteiger partial charge on any atom is 0.405 e. The molecule has 2 aromatic carbocycles. The fourth-order valence-corrected chi connectivity index (χ4v) is 3.85. The van der Waals surface area contributed by atoms with E-state index in [0.29, 0.717) is 10.0 Å². The molecule has 2 N–H and O–H groups in total. The van der Waals surface area contributed by atoms with E-state index in [4.69, 9.17) is 33.7 Å². The number of carbonyl (C=O) groups is 1. The van der Waals surface area contributed by atoms with Crippen molar-refractivity contribution in [2.75, 3.05) is 0 Å². The number of hydrogen-bond acceptors (Lipinski definition) is 2. The molecule has 3 nitrogen and oxygen atoms in total. The standard InChI is InChI=1S/C19H19Cl2NO2/c1-19(2)6-5-12-7-11(13-8-14(20)10-15(21)9-13)3-4-16(12)17(19)24-18(22)23/h3-4,7-10,17H,5-6H2,1-2H3,(H2,22,23). The van der Waals surface area contributed by atoms with Crippen LogP contribution in [-0.2, 0) is 11.2 Å². The number of benzene rings is 2. The highest BCUT2D eigenvalue weighted by Crippen LogP contribution is 2.46. The molecule has 0 bridgehead atoms. The van der Waals surface area contributed by atoms with Crippen LogP contribution in [0.2, 0.25) is 10.0 Å². The summed E-state index contributed by atoms with van der Waals surface area (Å²) in [6.07, 6.45) is 0.753. The molecule has 126 valence electrons. The second-order valence-corrected chi connectivity index (χ2v) is 7.75. The normalized spacial score (nSPS) is 18.8. The van der Waals surface area contributed by atoms with Crippen molar-refractivity contribution >= 4 is 29.3 Å². The summed E-state index contributed by atoms with van der Waals surface area (Å²) in [7, 11) is 0. The minimum atomic E-state index is -0.744. The number of rotatable bonds is 2. The molecule has 2 aromatic rings. The quantitative estimate of drug-likeness (QED) is 0.736. The van der Waals surface area contributed by atoms with E-state index < -0.39 is 6.09 Å². The van der Waals surface area contributed by atoms with Crippen LogP contribution < -0.4 is 5.73 Å². The van der Waals surface area contributed by atoms with Gasteiger partial charge in [0.1, 0.15) is 6.10 Å². The van der Waals surface area contributed by atoms with Crippen LogP contribution in [0.25, 0.3) is 11.1 Å². The highest BCUT2D eigenvalue weighted by Gasteiger charge is 2.38. The van der Waals surface area contributed by atoms with Gasteiger partial charge < -0.3 is 10.5 Å². The van der Waals surface area contributed by atoms with Crippen LogP contribution in [0.5, 0.6) is 0 Å². The van der Waals surface area contributed by atoms with E-state index in [-0.39, 0.29) is 11.5 Å². The maximum absolute atomic E-state index is 11.3. The van der Waals surface area contributed by atoms with Gasteiger partial charge in [-0.1, -0.05) is 55.2 Å². The van der Waals surface area contributed by atoms with Gasteiger partial charge in [0.05, 0.1) is 0 Å². The largest absolute Gasteiger partial charge is 0.441 e. The van der Waals surface area contributed by atoms with Crippen LogP contribution in [0.3, 0.4) is 0 Å². The van der Waals surface area contributed by atoms with Crippen molar-refractivity contribution in [1.82, 2.24) is 0 Å². The van der Waals surface area contributed by atoms with Crippen LogP contribution in [0.1, 0.15) is 37.5 Å². The van der Waals surface area contributed by atoms with E-state index >= 15 is 0 Å². The molecule has 1 atom stereocenters. The molecule has 5 heteroatoms. The number of halogens is 2. The zero-order chi connectivity index (χ0) is 17.5. The average molecular weight is 364 g/mol. The molecule has 1 amide bonds. The van der Waals surface area contributed by atoms with Crippen LogP contribution >= 0.6 is 23.2 Å². The van der Waals surface area contributed by atoms with Crippen molar-refractivity contribution in [3.05, 3.63) is 57.6 Å². The number of primary amides is 1. The Bertz CT molecular complexity index is 782. The Labute approximate surface area is 151 Å². The number of carbonyl (C=O) groups excluding carboxylic acids is 1. The van der Waals surface area contributed by atoms with E-state index in [2.05, 4.69) is 19.9 Å². The van der Waals surface area contributed by atoms with Gasteiger partial charge in [-0.15, -0.1) is 0 Å². The first kappa shape index (κ1) is 17.1. The topological polar surface area (TPSA) is 52.3 Å². The number of hydrogen-bond donors (Lipinski definition) is 1. The third-order valence-electron chi connectivity index (χ3n) is 4.60. The predicted octanol–water partition coefficient (Wildman–Crippen LogP) is 5.77. The Kier molecular flexibility index (Phi) is 4.50. The lowest BCUT2D eigenvalue weighted by Gasteiger charge is -2.39. The summed E-state index contributed by atoms with van der Waals surface area (Å²) in [6, 6.07) is 11.6. The van der Waals surface area contributed by atoms with Crippen molar-refractivity contribution in [2.24, 2.45) is 11.1 Å². The van der Waals surface area contributed by atoms with Gasteiger partial charge in [-0.05, 0) is 53.3 Å². The van der Waals surface area contributed by atoms with E-state index in [1.54, 1.807) is 6.07 Å². The van der Waals surface area contributed by atoms with Crippen molar-refractivity contribution in [1.29, 1.82) is 0 Å². The first-order valence-corrected chi connectivity index (χ1v) is 8.57. The molecule has 1 unspecified atom stereocenters. The van der Waals surface area contributed by atoms with E-state index in [1.807, 2.05) is 24.3 Å². The van der Waals surface area contributed by atoms with Crippen molar-refractivity contribution in [3.63, 3.8) is 0 Å². The first-order chi connectivity index (χ1) is 11.3. The summed E-state index contributed by atoms with van der Waals surface area (Å²) in [5.41, 5.74) is 9.30. The number of nitrogens with two attached hydrogens (primary N) is 1. The van der Waals surface area contributed by atoms with Gasteiger partial charge in [0, 0.05) is 15.5 Å². The lowest BCUT2D eigenvalue weighted by Crippen LogP contribution is -2.33.